The van der Waals surface area contributed by atoms with Gasteiger partial charge in [0.25, 0.3) is 11.8 Å². The largest absolute Gasteiger partial charge is 0.351 e. The van der Waals surface area contributed by atoms with Crippen molar-refractivity contribution in [3.63, 3.8) is 0 Å². The number of nitrogens with zero attached hydrogens (tertiary/aromatic N) is 1. The van der Waals surface area contributed by atoms with Crippen LogP contribution in [0.25, 0.3) is 0 Å². The Morgan fingerprint density at radius 2 is 1.23 bits per heavy atom. The molecule has 5 nitrogen and oxygen atoms in total. The molecular weight excluding hydrogens is 414 g/mol. The summed E-state index contributed by atoms with van der Waals surface area (Å²) in [6, 6.07) is 23.3. The van der Waals surface area contributed by atoms with Crippen molar-refractivity contribution >= 4 is 35.3 Å². The maximum atomic E-state index is 12.2. The molecule has 0 unspecified atom stereocenters. The third-order valence-corrected chi connectivity index (χ3v) is 6.08. The number of amides is 2. The average Bonchev–Trinajstić information content (AvgIpc) is 2.81. The van der Waals surface area contributed by atoms with Crippen LogP contribution in [0.2, 0.25) is 0 Å². The van der Waals surface area contributed by atoms with E-state index in [4.69, 9.17) is 0 Å². The summed E-state index contributed by atoms with van der Waals surface area (Å²) < 4.78 is 0. The van der Waals surface area contributed by atoms with Crippen LogP contribution in [0.1, 0.15) is 20.8 Å². The van der Waals surface area contributed by atoms with Gasteiger partial charge in [-0.1, -0.05) is 36.4 Å². The summed E-state index contributed by atoms with van der Waals surface area (Å²) in [6.45, 7) is 1.10. The van der Waals surface area contributed by atoms with E-state index >= 15 is 0 Å². The Kier molecular flexibility index (Phi) is 8.80. The Labute approximate surface area is 185 Å². The number of aromatic nitrogens is 1. The van der Waals surface area contributed by atoms with Gasteiger partial charge in [-0.3, -0.25) is 14.6 Å². The van der Waals surface area contributed by atoms with Gasteiger partial charge in [-0.2, -0.15) is 0 Å². The van der Waals surface area contributed by atoms with Crippen molar-refractivity contribution in [2.24, 2.45) is 0 Å². The number of carbonyl (C=O) groups is 2. The SMILES string of the molecule is O=C(NCCSc1ccccc1)c1ccc(C(=O)NCCSc2ccccc2)nc1. The minimum atomic E-state index is -0.241. The highest BCUT2D eigenvalue weighted by Crippen LogP contribution is 2.16. The molecule has 1 heterocycles. The van der Waals surface area contributed by atoms with Gasteiger partial charge in [0.15, 0.2) is 0 Å². The lowest BCUT2D eigenvalue weighted by Crippen LogP contribution is -2.28. The Morgan fingerprint density at radius 3 is 1.73 bits per heavy atom. The van der Waals surface area contributed by atoms with Gasteiger partial charge >= 0.3 is 0 Å². The minimum Gasteiger partial charge on any atom is -0.351 e. The topological polar surface area (TPSA) is 71.1 Å². The van der Waals surface area contributed by atoms with Crippen molar-refractivity contribution in [2.45, 2.75) is 9.79 Å². The van der Waals surface area contributed by atoms with Crippen LogP contribution in [0, 0.1) is 0 Å². The predicted molar refractivity (Wildman–Crippen MR) is 123 cm³/mol. The summed E-state index contributed by atoms with van der Waals surface area (Å²) in [4.78, 5) is 30.9. The zero-order chi connectivity index (χ0) is 21.0. The van der Waals surface area contributed by atoms with E-state index in [1.165, 1.54) is 16.0 Å². The first-order chi connectivity index (χ1) is 14.7. The second-order valence-corrected chi connectivity index (χ2v) is 8.60. The second-order valence-electron chi connectivity index (χ2n) is 6.27. The number of carbonyl (C=O) groups excluding carboxylic acids is 2. The summed E-state index contributed by atoms with van der Waals surface area (Å²) in [7, 11) is 0. The van der Waals surface area contributed by atoms with Crippen molar-refractivity contribution in [1.29, 1.82) is 0 Å². The first-order valence-electron chi connectivity index (χ1n) is 9.60. The van der Waals surface area contributed by atoms with E-state index in [1.54, 1.807) is 35.7 Å². The van der Waals surface area contributed by atoms with Gasteiger partial charge in [-0.15, -0.1) is 23.5 Å². The number of thioether (sulfide) groups is 2. The summed E-state index contributed by atoms with van der Waals surface area (Å²) in [5.74, 6) is 1.12. The van der Waals surface area contributed by atoms with E-state index in [0.29, 0.717) is 24.3 Å². The van der Waals surface area contributed by atoms with Gasteiger partial charge in [0.05, 0.1) is 5.56 Å². The zero-order valence-electron chi connectivity index (χ0n) is 16.4. The highest BCUT2D eigenvalue weighted by Gasteiger charge is 2.10. The van der Waals surface area contributed by atoms with Crippen LogP contribution in [0.15, 0.2) is 88.8 Å². The normalized spacial score (nSPS) is 10.4. The van der Waals surface area contributed by atoms with Gasteiger partial charge < -0.3 is 10.6 Å². The van der Waals surface area contributed by atoms with Crippen molar-refractivity contribution in [3.05, 3.63) is 90.3 Å². The summed E-state index contributed by atoms with van der Waals surface area (Å²) in [5, 5.41) is 5.72. The molecule has 0 bridgehead atoms. The standard InChI is InChI=1S/C23H23N3O2S2/c27-22(24-13-15-29-19-7-3-1-4-8-19)18-11-12-21(26-17-18)23(28)25-14-16-30-20-9-5-2-6-10-20/h1-12,17H,13-16H2,(H,24,27)(H,25,28). The number of hydrogen-bond acceptors (Lipinski definition) is 5. The molecule has 0 saturated carbocycles. The lowest BCUT2D eigenvalue weighted by molar-refractivity contribution is 0.0940. The maximum Gasteiger partial charge on any atom is 0.269 e. The van der Waals surface area contributed by atoms with Crippen molar-refractivity contribution in [1.82, 2.24) is 15.6 Å². The third-order valence-electron chi connectivity index (χ3n) is 4.06. The van der Waals surface area contributed by atoms with Crippen LogP contribution in [-0.2, 0) is 0 Å². The zero-order valence-corrected chi connectivity index (χ0v) is 18.0. The van der Waals surface area contributed by atoms with Crippen molar-refractivity contribution in [3.8, 4) is 0 Å². The first kappa shape index (κ1) is 21.9. The van der Waals surface area contributed by atoms with E-state index in [1.807, 2.05) is 60.7 Å². The predicted octanol–water partition coefficient (Wildman–Crippen LogP) is 4.13. The molecule has 0 spiro atoms. The lowest BCUT2D eigenvalue weighted by Gasteiger charge is -2.07. The number of rotatable bonds is 10. The van der Waals surface area contributed by atoms with Gasteiger partial charge in [0.1, 0.15) is 5.69 Å². The monoisotopic (exact) mass is 437 g/mol. The maximum absolute atomic E-state index is 12.2. The minimum absolute atomic E-state index is 0.192. The fourth-order valence-corrected chi connectivity index (χ4v) is 4.13. The molecule has 30 heavy (non-hydrogen) atoms. The number of pyridine rings is 1. The molecular formula is C23H23N3O2S2. The molecule has 0 aliphatic rings. The Bertz CT molecular complexity index is 857. The van der Waals surface area contributed by atoms with Crippen LogP contribution in [0.5, 0.6) is 0 Å². The molecule has 0 saturated heterocycles. The molecule has 154 valence electrons. The average molecular weight is 438 g/mol. The molecule has 3 aromatic rings. The summed E-state index contributed by atoms with van der Waals surface area (Å²) >= 11 is 3.37. The Morgan fingerprint density at radius 1 is 0.700 bits per heavy atom. The smallest absolute Gasteiger partial charge is 0.269 e. The van der Waals surface area contributed by atoms with E-state index in [0.717, 1.165) is 11.5 Å². The number of benzene rings is 2. The molecule has 1 aromatic heterocycles. The van der Waals surface area contributed by atoms with E-state index in [9.17, 15) is 9.59 Å². The first-order valence-corrected chi connectivity index (χ1v) is 11.6. The Balaban J connectivity index is 1.36. The molecule has 2 aromatic carbocycles. The molecule has 0 fully saturated rings. The number of hydrogen-bond donors (Lipinski definition) is 2. The highest BCUT2D eigenvalue weighted by molar-refractivity contribution is 7.99. The summed E-state index contributed by atoms with van der Waals surface area (Å²) in [6.07, 6.45) is 1.44. The molecule has 2 N–H and O–H groups in total. The molecule has 2 amide bonds. The van der Waals surface area contributed by atoms with Crippen LogP contribution >= 0.6 is 23.5 Å². The van der Waals surface area contributed by atoms with E-state index in [-0.39, 0.29) is 11.8 Å². The fourth-order valence-electron chi connectivity index (χ4n) is 2.56. The third kappa shape index (κ3) is 7.24. The molecule has 0 aliphatic carbocycles. The lowest BCUT2D eigenvalue weighted by atomic mass is 10.2. The summed E-state index contributed by atoms with van der Waals surface area (Å²) in [5.41, 5.74) is 0.742. The molecule has 0 aliphatic heterocycles. The van der Waals surface area contributed by atoms with Crippen LogP contribution in [-0.4, -0.2) is 41.4 Å². The molecule has 0 atom stereocenters. The van der Waals surface area contributed by atoms with Crippen LogP contribution in [0.4, 0.5) is 0 Å². The van der Waals surface area contributed by atoms with E-state index < -0.39 is 0 Å². The van der Waals surface area contributed by atoms with Gasteiger partial charge in [-0.25, -0.2) is 0 Å². The fraction of sp³-hybridized carbons (Fsp3) is 0.174. The van der Waals surface area contributed by atoms with Crippen LogP contribution in [0.3, 0.4) is 0 Å². The van der Waals surface area contributed by atoms with Gasteiger partial charge in [0.2, 0.25) is 0 Å². The highest BCUT2D eigenvalue weighted by atomic mass is 32.2. The second kappa shape index (κ2) is 12.0. The van der Waals surface area contributed by atoms with Crippen molar-refractivity contribution in [2.75, 3.05) is 24.6 Å². The molecule has 0 radical (unpaired) electrons. The Hall–Kier alpha value is -2.77. The quantitative estimate of drug-likeness (QED) is 0.369. The van der Waals surface area contributed by atoms with Gasteiger partial charge in [0, 0.05) is 40.6 Å². The van der Waals surface area contributed by atoms with E-state index in [2.05, 4.69) is 15.6 Å². The van der Waals surface area contributed by atoms with Crippen LogP contribution < -0.4 is 10.6 Å². The van der Waals surface area contributed by atoms with Crippen molar-refractivity contribution < 1.29 is 9.59 Å². The molecule has 3 rings (SSSR count). The number of nitrogens with one attached hydrogen (secondary N) is 2. The van der Waals surface area contributed by atoms with Gasteiger partial charge in [-0.05, 0) is 36.4 Å². The molecule has 7 heteroatoms.